The molecule has 0 aliphatic carbocycles. The lowest BCUT2D eigenvalue weighted by molar-refractivity contribution is 0.00843. The fraction of sp³-hybridized carbons (Fsp3) is 0.364. The van der Waals surface area contributed by atoms with Crippen LogP contribution < -0.4 is 9.47 Å². The van der Waals surface area contributed by atoms with Crippen molar-refractivity contribution in [3.63, 3.8) is 0 Å². The summed E-state index contributed by atoms with van der Waals surface area (Å²) in [6, 6.07) is 7.52. The number of nitrogens with zero attached hydrogens (tertiary/aromatic N) is 2. The number of carbonyl (C=O) groups excluding carboxylic acids is 1. The van der Waals surface area contributed by atoms with Crippen molar-refractivity contribution < 1.29 is 23.4 Å². The number of halogens is 1. The molecule has 3 heterocycles. The second-order valence-electron chi connectivity index (χ2n) is 7.06. The number of ether oxygens (including phenoxy) is 3. The minimum Gasteiger partial charge on any atom is -0.496 e. The van der Waals surface area contributed by atoms with Crippen LogP contribution in [0.1, 0.15) is 42.1 Å². The van der Waals surface area contributed by atoms with E-state index in [1.165, 1.54) is 19.6 Å². The molecule has 4 rings (SSSR count). The van der Waals surface area contributed by atoms with Gasteiger partial charge in [-0.3, -0.25) is 9.20 Å². The van der Waals surface area contributed by atoms with Crippen molar-refractivity contribution in [1.82, 2.24) is 9.38 Å². The Morgan fingerprint density at radius 1 is 1.34 bits per heavy atom. The zero-order valence-corrected chi connectivity index (χ0v) is 16.6. The van der Waals surface area contributed by atoms with E-state index in [4.69, 9.17) is 14.2 Å². The molecule has 29 heavy (non-hydrogen) atoms. The number of hydrogen-bond acceptors (Lipinski definition) is 5. The summed E-state index contributed by atoms with van der Waals surface area (Å²) in [5.41, 5.74) is 3.76. The summed E-state index contributed by atoms with van der Waals surface area (Å²) in [4.78, 5) is 16.9. The molecular weight excluding hydrogens is 375 g/mol. The number of hydrogen-bond donors (Lipinski definition) is 0. The zero-order chi connectivity index (χ0) is 20.5. The van der Waals surface area contributed by atoms with Crippen LogP contribution in [0.4, 0.5) is 4.39 Å². The van der Waals surface area contributed by atoms with Crippen molar-refractivity contribution in [2.45, 2.75) is 32.5 Å². The molecule has 1 unspecified atom stereocenters. The molecule has 0 spiro atoms. The molecule has 1 fully saturated rings. The number of aromatic nitrogens is 2. The van der Waals surface area contributed by atoms with Gasteiger partial charge in [0.2, 0.25) is 6.36 Å². The van der Waals surface area contributed by atoms with E-state index in [0.29, 0.717) is 11.7 Å². The zero-order valence-electron chi connectivity index (χ0n) is 16.6. The summed E-state index contributed by atoms with van der Waals surface area (Å²) in [5, 5.41) is 0. The third kappa shape index (κ3) is 3.58. The van der Waals surface area contributed by atoms with Crippen LogP contribution in [0.15, 0.2) is 36.7 Å². The van der Waals surface area contributed by atoms with Crippen molar-refractivity contribution in [1.29, 1.82) is 0 Å². The van der Waals surface area contributed by atoms with E-state index in [9.17, 15) is 9.18 Å². The van der Waals surface area contributed by atoms with Gasteiger partial charge in [-0.1, -0.05) is 6.92 Å². The largest absolute Gasteiger partial charge is 0.496 e. The summed E-state index contributed by atoms with van der Waals surface area (Å²) in [6.07, 6.45) is 2.40. The van der Waals surface area contributed by atoms with E-state index in [1.54, 1.807) is 25.3 Å². The quantitative estimate of drug-likeness (QED) is 0.552. The summed E-state index contributed by atoms with van der Waals surface area (Å²) in [5.74, 6) is 0.753. The lowest BCUT2D eigenvalue weighted by atomic mass is 9.99. The van der Waals surface area contributed by atoms with Crippen molar-refractivity contribution in [2.75, 3.05) is 20.3 Å². The maximum absolute atomic E-state index is 13.7. The molecule has 1 aliphatic heterocycles. The van der Waals surface area contributed by atoms with Crippen LogP contribution in [0.5, 0.6) is 11.5 Å². The van der Waals surface area contributed by atoms with Crippen molar-refractivity contribution in [2.24, 2.45) is 0 Å². The average molecular weight is 398 g/mol. The lowest BCUT2D eigenvalue weighted by Crippen LogP contribution is -2.25. The van der Waals surface area contributed by atoms with E-state index in [0.717, 1.165) is 30.1 Å². The minimum atomic E-state index is -1.56. The molecule has 1 atom stereocenters. The van der Waals surface area contributed by atoms with Gasteiger partial charge in [-0.05, 0) is 29.8 Å². The second-order valence-corrected chi connectivity index (χ2v) is 7.06. The standard InChI is InChI=1S/C22H23FN2O4/c1-4-18(26)22-19(27-3)7-15(8-20(22)29-13(2)23)17-10-24-21-9-14(5-6-25(17)21)16-11-28-12-16/h5-10,13,16H,4,11-12H2,1-3H3. The molecular formula is C22H23FN2O4. The van der Waals surface area contributed by atoms with Crippen LogP contribution in [-0.2, 0) is 4.74 Å². The van der Waals surface area contributed by atoms with Gasteiger partial charge in [0.1, 0.15) is 22.7 Å². The fourth-order valence-electron chi connectivity index (χ4n) is 3.51. The molecule has 1 aliphatic rings. The number of fused-ring (bicyclic) bond motifs is 1. The predicted molar refractivity (Wildman–Crippen MR) is 107 cm³/mol. The number of alkyl halides is 1. The highest BCUT2D eigenvalue weighted by molar-refractivity contribution is 6.02. The van der Waals surface area contributed by atoms with Crippen LogP contribution in [0.2, 0.25) is 0 Å². The topological polar surface area (TPSA) is 62.1 Å². The van der Waals surface area contributed by atoms with Gasteiger partial charge in [0.15, 0.2) is 5.78 Å². The van der Waals surface area contributed by atoms with Gasteiger partial charge in [-0.2, -0.15) is 0 Å². The van der Waals surface area contributed by atoms with Crippen molar-refractivity contribution in [3.05, 3.63) is 47.8 Å². The van der Waals surface area contributed by atoms with Crippen LogP contribution in [0.3, 0.4) is 0 Å². The Balaban J connectivity index is 1.82. The van der Waals surface area contributed by atoms with Gasteiger partial charge < -0.3 is 14.2 Å². The van der Waals surface area contributed by atoms with Gasteiger partial charge in [0.25, 0.3) is 0 Å². The first-order valence-corrected chi connectivity index (χ1v) is 9.63. The molecule has 0 bridgehead atoms. The molecule has 1 aromatic carbocycles. The van der Waals surface area contributed by atoms with Gasteiger partial charge in [-0.15, -0.1) is 0 Å². The number of ketones is 1. The van der Waals surface area contributed by atoms with Gasteiger partial charge in [-0.25, -0.2) is 9.37 Å². The number of rotatable bonds is 7. The molecule has 0 saturated carbocycles. The fourth-order valence-corrected chi connectivity index (χ4v) is 3.51. The monoisotopic (exact) mass is 398 g/mol. The highest BCUT2D eigenvalue weighted by atomic mass is 19.1. The Morgan fingerprint density at radius 3 is 2.72 bits per heavy atom. The summed E-state index contributed by atoms with van der Waals surface area (Å²) in [7, 11) is 1.48. The normalized spacial score (nSPS) is 15.2. The highest BCUT2D eigenvalue weighted by Gasteiger charge is 2.23. The van der Waals surface area contributed by atoms with E-state index in [-0.39, 0.29) is 23.5 Å². The molecule has 152 valence electrons. The van der Waals surface area contributed by atoms with Gasteiger partial charge in [0, 0.05) is 31.0 Å². The molecule has 1 saturated heterocycles. The number of pyridine rings is 1. The Labute approximate surface area is 168 Å². The number of benzene rings is 1. The van der Waals surface area contributed by atoms with E-state index >= 15 is 0 Å². The number of Topliss-reactive ketones (excluding diaryl/α,β-unsaturated/α-hetero) is 1. The Hall–Kier alpha value is -2.93. The van der Waals surface area contributed by atoms with Crippen LogP contribution >= 0.6 is 0 Å². The maximum Gasteiger partial charge on any atom is 0.235 e. The molecule has 7 heteroatoms. The Morgan fingerprint density at radius 2 is 2.10 bits per heavy atom. The van der Waals surface area contributed by atoms with Crippen LogP contribution in [0, 0.1) is 0 Å². The third-order valence-electron chi connectivity index (χ3n) is 5.12. The smallest absolute Gasteiger partial charge is 0.235 e. The molecule has 0 N–H and O–H groups in total. The number of imidazole rings is 1. The first kappa shape index (κ1) is 19.4. The van der Waals surface area contributed by atoms with E-state index in [2.05, 4.69) is 11.1 Å². The first-order valence-electron chi connectivity index (χ1n) is 9.63. The van der Waals surface area contributed by atoms with Gasteiger partial charge >= 0.3 is 0 Å². The number of carbonyl (C=O) groups is 1. The molecule has 3 aromatic rings. The Bertz CT molecular complexity index is 1060. The van der Waals surface area contributed by atoms with Crippen molar-refractivity contribution in [3.8, 4) is 22.8 Å². The minimum absolute atomic E-state index is 0.166. The van der Waals surface area contributed by atoms with Crippen LogP contribution in [0.25, 0.3) is 16.9 Å². The third-order valence-corrected chi connectivity index (χ3v) is 5.12. The Kier molecular flexibility index (Phi) is 5.24. The SMILES string of the molecule is CCC(=O)c1c(OC)cc(-c2cnc3cc(C4COC4)ccn23)cc1OC(C)F. The summed E-state index contributed by atoms with van der Waals surface area (Å²) >= 11 is 0. The maximum atomic E-state index is 13.7. The van der Waals surface area contributed by atoms with E-state index < -0.39 is 6.36 Å². The number of methoxy groups -OCH3 is 1. The van der Waals surface area contributed by atoms with Crippen LogP contribution in [-0.4, -0.2) is 41.8 Å². The van der Waals surface area contributed by atoms with Gasteiger partial charge in [0.05, 0.1) is 32.2 Å². The molecule has 6 nitrogen and oxygen atoms in total. The molecule has 0 radical (unpaired) electrons. The van der Waals surface area contributed by atoms with Crippen molar-refractivity contribution >= 4 is 11.4 Å². The lowest BCUT2D eigenvalue weighted by Gasteiger charge is -2.26. The second kappa shape index (κ2) is 7.83. The van der Waals surface area contributed by atoms with E-state index in [1.807, 2.05) is 16.7 Å². The summed E-state index contributed by atoms with van der Waals surface area (Å²) in [6.45, 7) is 4.48. The summed E-state index contributed by atoms with van der Waals surface area (Å²) < 4.78 is 31.6. The average Bonchev–Trinajstić information content (AvgIpc) is 3.08. The predicted octanol–water partition coefficient (Wildman–Crippen LogP) is 4.41. The first-order chi connectivity index (χ1) is 14.0. The molecule has 2 aromatic heterocycles. The highest BCUT2D eigenvalue weighted by Crippen LogP contribution is 2.37. The molecule has 0 amide bonds.